The number of esters is 2. The maximum absolute atomic E-state index is 12.4. The predicted molar refractivity (Wildman–Crippen MR) is 229 cm³/mol. The zero-order valence-corrected chi connectivity index (χ0v) is 37.0. The molecule has 0 saturated heterocycles. The lowest BCUT2D eigenvalue weighted by Crippen LogP contribution is -2.28. The second-order valence-electron chi connectivity index (χ2n) is 15.7. The third-order valence-electron chi connectivity index (χ3n) is 10.2. The van der Waals surface area contributed by atoms with Crippen LogP contribution in [-0.2, 0) is 32.7 Å². The minimum atomic E-state index is -4.63. The number of aliphatic hydroxyl groups excluding tert-OH is 2. The minimum absolute atomic E-state index is 0.191. The largest absolute Gasteiger partial charge is 0.472 e. The molecule has 0 aliphatic carbocycles. The van der Waals surface area contributed by atoms with Crippen LogP contribution in [0.5, 0.6) is 0 Å². The van der Waals surface area contributed by atoms with Crippen molar-refractivity contribution in [2.45, 2.75) is 238 Å². The van der Waals surface area contributed by atoms with Crippen molar-refractivity contribution < 1.29 is 47.8 Å². The van der Waals surface area contributed by atoms with Gasteiger partial charge >= 0.3 is 19.8 Å². The molecular weight excluding hydrogens is 731 g/mol. The fourth-order valence-corrected chi connectivity index (χ4v) is 7.42. The highest BCUT2D eigenvalue weighted by atomic mass is 31.2. The number of rotatable bonds is 44. The van der Waals surface area contributed by atoms with E-state index in [9.17, 15) is 29.3 Å². The first-order chi connectivity index (χ1) is 27.3. The molecule has 0 fully saturated rings. The van der Waals surface area contributed by atoms with Crippen LogP contribution in [0.25, 0.3) is 0 Å². The van der Waals surface area contributed by atoms with Gasteiger partial charge in [-0.15, -0.1) is 0 Å². The molecule has 10 nitrogen and oxygen atoms in total. The van der Waals surface area contributed by atoms with E-state index in [0.29, 0.717) is 12.8 Å². The Bertz CT molecular complexity index is 946. The zero-order valence-electron chi connectivity index (χ0n) is 36.1. The van der Waals surface area contributed by atoms with Gasteiger partial charge in [-0.3, -0.25) is 18.6 Å². The van der Waals surface area contributed by atoms with Crippen molar-refractivity contribution in [3.05, 3.63) is 12.2 Å². The average Bonchev–Trinajstić information content (AvgIpc) is 3.19. The fourth-order valence-electron chi connectivity index (χ4n) is 6.64. The van der Waals surface area contributed by atoms with Gasteiger partial charge in [0.15, 0.2) is 0 Å². The quantitative estimate of drug-likeness (QED) is 0.0235. The highest BCUT2D eigenvalue weighted by molar-refractivity contribution is 7.47. The number of ether oxygens (including phenoxy) is 2. The Balaban J connectivity index is 3.87. The first kappa shape index (κ1) is 54.7. The van der Waals surface area contributed by atoms with E-state index in [-0.39, 0.29) is 12.8 Å². The van der Waals surface area contributed by atoms with E-state index in [2.05, 4.69) is 26.0 Å². The number of phosphoric ester groups is 1. The summed E-state index contributed by atoms with van der Waals surface area (Å²) in [6, 6.07) is 0. The summed E-state index contributed by atoms with van der Waals surface area (Å²) in [5.41, 5.74) is 0. The van der Waals surface area contributed by atoms with E-state index in [4.69, 9.17) is 18.5 Å². The number of aliphatic hydroxyl groups is 2. The predicted octanol–water partition coefficient (Wildman–Crippen LogP) is 12.4. The fraction of sp³-hybridized carbons (Fsp3) is 0.911. The molecule has 0 spiro atoms. The smallest absolute Gasteiger partial charge is 0.457 e. The Kier molecular flexibility index (Phi) is 40.9. The number of unbranched alkanes of at least 4 members (excludes halogenated alkanes) is 28. The van der Waals surface area contributed by atoms with Gasteiger partial charge in [0.05, 0.1) is 26.4 Å². The number of carbonyl (C=O) groups is 2. The van der Waals surface area contributed by atoms with Gasteiger partial charge in [0.1, 0.15) is 12.2 Å². The molecule has 0 amide bonds. The number of allylic oxidation sites excluding steroid dienone is 2. The number of hydrogen-bond acceptors (Lipinski definition) is 9. The lowest BCUT2D eigenvalue weighted by Gasteiger charge is -2.20. The molecule has 0 rings (SSSR count). The van der Waals surface area contributed by atoms with Crippen molar-refractivity contribution in [1.82, 2.24) is 0 Å². The van der Waals surface area contributed by atoms with E-state index >= 15 is 0 Å². The summed E-state index contributed by atoms with van der Waals surface area (Å²) in [5, 5.41) is 19.2. The van der Waals surface area contributed by atoms with E-state index in [0.717, 1.165) is 44.9 Å². The highest BCUT2D eigenvalue weighted by Gasteiger charge is 2.27. The Morgan fingerprint density at radius 3 is 1.02 bits per heavy atom. The highest BCUT2D eigenvalue weighted by Crippen LogP contribution is 2.43. The zero-order chi connectivity index (χ0) is 41.2. The van der Waals surface area contributed by atoms with E-state index < -0.39 is 58.4 Å². The summed E-state index contributed by atoms with van der Waals surface area (Å²) in [6.07, 6.45) is 40.4. The molecule has 0 aromatic rings. The Hall–Kier alpha value is -1.29. The van der Waals surface area contributed by atoms with Crippen molar-refractivity contribution in [1.29, 1.82) is 0 Å². The van der Waals surface area contributed by atoms with Crippen molar-refractivity contribution in [2.75, 3.05) is 26.4 Å². The van der Waals surface area contributed by atoms with Crippen LogP contribution in [0.15, 0.2) is 12.2 Å². The molecule has 3 unspecified atom stereocenters. The SMILES string of the molecule is CCCCCCCCC/C=C\CCCCCCCCCC(=O)OC(CO)COP(=O)(O)OCC(CO)OC(=O)CCCCCCCCCCCCCCCCC. The molecule has 0 aromatic carbocycles. The Labute approximate surface area is 343 Å². The van der Waals surface area contributed by atoms with Crippen LogP contribution >= 0.6 is 7.82 Å². The van der Waals surface area contributed by atoms with Crippen LogP contribution in [0.3, 0.4) is 0 Å². The van der Waals surface area contributed by atoms with Gasteiger partial charge in [-0.25, -0.2) is 4.57 Å². The molecule has 0 radical (unpaired) electrons. The van der Waals surface area contributed by atoms with Crippen molar-refractivity contribution in [2.24, 2.45) is 0 Å². The normalized spacial score (nSPS) is 13.9. The Morgan fingerprint density at radius 2 is 0.732 bits per heavy atom. The lowest BCUT2D eigenvalue weighted by molar-refractivity contribution is -0.153. The van der Waals surface area contributed by atoms with E-state index in [1.807, 2.05) is 0 Å². The molecule has 0 aliphatic heterocycles. The molecule has 332 valence electrons. The summed E-state index contributed by atoms with van der Waals surface area (Å²) in [4.78, 5) is 34.6. The second-order valence-corrected chi connectivity index (χ2v) is 17.2. The first-order valence-corrected chi connectivity index (χ1v) is 24.6. The van der Waals surface area contributed by atoms with Gasteiger partial charge in [0, 0.05) is 12.8 Å². The van der Waals surface area contributed by atoms with Gasteiger partial charge in [-0.1, -0.05) is 187 Å². The molecule has 56 heavy (non-hydrogen) atoms. The minimum Gasteiger partial charge on any atom is -0.457 e. The van der Waals surface area contributed by atoms with Crippen LogP contribution in [-0.4, -0.2) is 65.7 Å². The summed E-state index contributed by atoms with van der Waals surface area (Å²) in [6.45, 7) is 2.24. The first-order valence-electron chi connectivity index (χ1n) is 23.1. The van der Waals surface area contributed by atoms with Crippen LogP contribution in [0.1, 0.15) is 226 Å². The third kappa shape index (κ3) is 39.5. The molecule has 0 aliphatic rings. The molecule has 11 heteroatoms. The van der Waals surface area contributed by atoms with Crippen molar-refractivity contribution in [3.8, 4) is 0 Å². The molecule has 0 saturated carbocycles. The van der Waals surface area contributed by atoms with Gasteiger partial charge in [0.25, 0.3) is 0 Å². The summed E-state index contributed by atoms with van der Waals surface area (Å²) >= 11 is 0. The maximum atomic E-state index is 12.4. The molecule has 3 N–H and O–H groups in total. The van der Waals surface area contributed by atoms with Gasteiger partial charge < -0.3 is 24.6 Å². The van der Waals surface area contributed by atoms with Crippen molar-refractivity contribution in [3.63, 3.8) is 0 Å². The number of hydrogen-bond donors (Lipinski definition) is 3. The number of carbonyl (C=O) groups excluding carboxylic acids is 2. The molecule has 0 bridgehead atoms. The van der Waals surface area contributed by atoms with Crippen LogP contribution in [0.4, 0.5) is 0 Å². The second kappa shape index (κ2) is 41.9. The molecule has 0 heterocycles. The molecule has 0 aromatic heterocycles. The maximum Gasteiger partial charge on any atom is 0.472 e. The van der Waals surface area contributed by atoms with Crippen molar-refractivity contribution >= 4 is 19.8 Å². The van der Waals surface area contributed by atoms with E-state index in [1.54, 1.807) is 0 Å². The Morgan fingerprint density at radius 1 is 0.464 bits per heavy atom. The summed E-state index contributed by atoms with van der Waals surface area (Å²) < 4.78 is 32.6. The van der Waals surface area contributed by atoms with Gasteiger partial charge in [-0.05, 0) is 38.5 Å². The van der Waals surface area contributed by atoms with Gasteiger partial charge in [0.2, 0.25) is 0 Å². The van der Waals surface area contributed by atoms with Crippen LogP contribution in [0.2, 0.25) is 0 Å². The summed E-state index contributed by atoms with van der Waals surface area (Å²) in [7, 11) is -4.63. The molecular formula is C45H87O10P. The average molecular weight is 819 g/mol. The molecule has 3 atom stereocenters. The van der Waals surface area contributed by atoms with Crippen LogP contribution < -0.4 is 0 Å². The summed E-state index contributed by atoms with van der Waals surface area (Å²) in [5.74, 6) is -1.01. The lowest BCUT2D eigenvalue weighted by atomic mass is 10.0. The monoisotopic (exact) mass is 819 g/mol. The number of phosphoric acid groups is 1. The van der Waals surface area contributed by atoms with Crippen LogP contribution in [0, 0.1) is 0 Å². The standard InChI is InChI=1S/C45H87O10P/c1-3-5-7-9-11-13-15-17-19-20-21-23-25-27-29-31-33-35-37-45(49)55-43(39-47)41-53-56(50,51)52-40-42(38-46)54-44(48)36-34-32-30-28-26-24-22-18-16-14-12-10-8-6-4-2/h19-20,42-43,46-47H,3-18,21-41H2,1-2H3,(H,50,51)/b20-19-. The van der Waals surface area contributed by atoms with E-state index in [1.165, 1.54) is 141 Å². The van der Waals surface area contributed by atoms with Gasteiger partial charge in [-0.2, -0.15) is 0 Å². The topological polar surface area (TPSA) is 149 Å². The third-order valence-corrected chi connectivity index (χ3v) is 11.2.